The van der Waals surface area contributed by atoms with Crippen LogP contribution in [-0.2, 0) is 7.05 Å². The van der Waals surface area contributed by atoms with Crippen LogP contribution in [0.2, 0.25) is 15.1 Å². The number of nitro groups is 1. The van der Waals surface area contributed by atoms with Crippen molar-refractivity contribution >= 4 is 40.5 Å². The minimum atomic E-state index is -0.975. The van der Waals surface area contributed by atoms with Crippen LogP contribution in [0.1, 0.15) is 0 Å². The van der Waals surface area contributed by atoms with Crippen LogP contribution in [-0.4, -0.2) is 19.0 Å². The van der Waals surface area contributed by atoms with Crippen LogP contribution in [0.25, 0.3) is 5.69 Å². The third-order valence-corrected chi connectivity index (χ3v) is 4.64. The molecule has 0 saturated carbocycles. The Balaban J connectivity index is 2.08. The Bertz CT molecular complexity index is 1300. The highest BCUT2D eigenvalue weighted by molar-refractivity contribution is 6.37. The number of benzene rings is 2. The number of nitro benzene ring substituents is 1. The van der Waals surface area contributed by atoms with E-state index in [9.17, 15) is 24.5 Å². The molecule has 150 valence electrons. The fourth-order valence-corrected chi connectivity index (χ4v) is 3.12. The molecule has 0 atom stereocenters. The topological polar surface area (TPSA) is 129 Å². The predicted molar refractivity (Wildman–Crippen MR) is 106 cm³/mol. The molecule has 13 heteroatoms. The van der Waals surface area contributed by atoms with Gasteiger partial charge in [-0.05, 0) is 18.2 Å². The highest BCUT2D eigenvalue weighted by Gasteiger charge is 2.18. The molecular formula is C16H9Cl3N4O6. The van der Waals surface area contributed by atoms with E-state index in [0.717, 1.165) is 6.07 Å². The maximum Gasteiger partial charge on any atom is 0.340 e. The van der Waals surface area contributed by atoms with Gasteiger partial charge in [0.15, 0.2) is 5.75 Å². The third-order valence-electron chi connectivity index (χ3n) is 3.78. The summed E-state index contributed by atoms with van der Waals surface area (Å²) in [6, 6.07) is 5.99. The number of ether oxygens (including phenoxy) is 1. The lowest BCUT2D eigenvalue weighted by Crippen LogP contribution is -2.47. The molecule has 0 amide bonds. The van der Waals surface area contributed by atoms with E-state index < -0.39 is 22.0 Å². The van der Waals surface area contributed by atoms with Gasteiger partial charge in [-0.1, -0.05) is 34.8 Å². The molecule has 0 aliphatic heterocycles. The number of nitrogens with zero attached hydrogens (tertiary/aromatic N) is 3. The largest absolute Gasteiger partial charge is 0.453 e. The first kappa shape index (κ1) is 20.6. The molecule has 1 N–H and O–H groups in total. The van der Waals surface area contributed by atoms with Gasteiger partial charge in [0.05, 0.1) is 25.7 Å². The average Bonchev–Trinajstić information content (AvgIpc) is 2.63. The molecule has 0 spiro atoms. The zero-order chi connectivity index (χ0) is 21.5. The molecule has 0 aliphatic rings. The molecule has 0 fully saturated rings. The highest BCUT2D eigenvalue weighted by atomic mass is 35.5. The lowest BCUT2D eigenvalue weighted by molar-refractivity contribution is -0.384. The number of non-ortho nitro benzene ring substituents is 1. The number of halogens is 3. The summed E-state index contributed by atoms with van der Waals surface area (Å²) in [5, 5.41) is 10.6. The van der Waals surface area contributed by atoms with Crippen molar-refractivity contribution in [3.8, 4) is 17.2 Å². The maximum atomic E-state index is 12.3. The van der Waals surface area contributed by atoms with Gasteiger partial charge in [-0.3, -0.25) is 15.1 Å². The molecule has 29 heavy (non-hydrogen) atoms. The van der Waals surface area contributed by atoms with Gasteiger partial charge in [0.2, 0.25) is 0 Å². The maximum absolute atomic E-state index is 12.3. The van der Waals surface area contributed by atoms with Gasteiger partial charge in [-0.2, -0.15) is 0 Å². The average molecular weight is 460 g/mol. The van der Waals surface area contributed by atoms with Crippen molar-refractivity contribution in [1.82, 2.24) is 14.1 Å². The van der Waals surface area contributed by atoms with Gasteiger partial charge in [0.1, 0.15) is 5.75 Å². The van der Waals surface area contributed by atoms with E-state index in [0.29, 0.717) is 9.13 Å². The SMILES string of the molecule is Cn1c(=O)[nH]c(=O)n(-c2cc(Cl)c(Oc3ccc([N+](=O)[O-])cc3Cl)c(Cl)c2)c1=O. The number of hydrogen-bond donors (Lipinski definition) is 1. The summed E-state index contributed by atoms with van der Waals surface area (Å²) in [6.07, 6.45) is 0. The molecule has 1 aromatic heterocycles. The van der Waals surface area contributed by atoms with Gasteiger partial charge in [-0.15, -0.1) is 0 Å². The number of rotatable bonds is 4. The second-order valence-corrected chi connectivity index (χ2v) is 6.85. The second-order valence-electron chi connectivity index (χ2n) is 5.62. The minimum Gasteiger partial charge on any atom is -0.453 e. The summed E-state index contributed by atoms with van der Waals surface area (Å²) in [6.45, 7) is 0. The van der Waals surface area contributed by atoms with Gasteiger partial charge in [-0.25, -0.2) is 23.5 Å². The van der Waals surface area contributed by atoms with Crippen molar-refractivity contribution in [3.63, 3.8) is 0 Å². The molecular weight excluding hydrogens is 451 g/mol. The standard InChI is InChI=1S/C16H9Cl3N4O6/c1-21-14(24)20-15(25)22(16(21)26)8-5-10(18)13(11(19)6-8)29-12-3-2-7(23(27)28)4-9(12)17/h2-6H,1H3,(H,20,24,25). The summed E-state index contributed by atoms with van der Waals surface area (Å²) < 4.78 is 6.92. The molecule has 0 radical (unpaired) electrons. The van der Waals surface area contributed by atoms with Gasteiger partial charge >= 0.3 is 17.1 Å². The molecule has 1 heterocycles. The first-order chi connectivity index (χ1) is 13.6. The van der Waals surface area contributed by atoms with E-state index in [1.807, 2.05) is 4.98 Å². The van der Waals surface area contributed by atoms with Gasteiger partial charge in [0.25, 0.3) is 5.69 Å². The van der Waals surface area contributed by atoms with Crippen LogP contribution in [0.3, 0.4) is 0 Å². The third kappa shape index (κ3) is 3.90. The fraction of sp³-hybridized carbons (Fsp3) is 0.0625. The predicted octanol–water partition coefficient (Wildman–Crippen LogP) is 2.89. The number of aromatic amines is 1. The number of H-pyrrole nitrogens is 1. The number of hydrogen-bond acceptors (Lipinski definition) is 6. The van der Waals surface area contributed by atoms with E-state index in [-0.39, 0.29) is 37.9 Å². The van der Waals surface area contributed by atoms with Crippen LogP contribution < -0.4 is 21.8 Å². The molecule has 3 rings (SSSR count). The second kappa shape index (κ2) is 7.74. The molecule has 0 unspecified atom stereocenters. The Kier molecular flexibility index (Phi) is 5.51. The number of nitrogens with one attached hydrogen (secondary N) is 1. The van der Waals surface area contributed by atoms with Crippen LogP contribution in [0.4, 0.5) is 5.69 Å². The zero-order valence-corrected chi connectivity index (χ0v) is 16.6. The normalized spacial score (nSPS) is 10.8. The first-order valence-electron chi connectivity index (χ1n) is 7.63. The lowest BCUT2D eigenvalue weighted by Gasteiger charge is -2.13. The highest BCUT2D eigenvalue weighted by Crippen LogP contribution is 2.40. The van der Waals surface area contributed by atoms with E-state index in [1.54, 1.807) is 0 Å². The molecule has 10 nitrogen and oxygen atoms in total. The molecule has 0 bridgehead atoms. The Morgan fingerprint density at radius 1 is 1.00 bits per heavy atom. The molecule has 0 saturated heterocycles. The van der Waals surface area contributed by atoms with Crippen molar-refractivity contribution < 1.29 is 9.66 Å². The van der Waals surface area contributed by atoms with Crippen molar-refractivity contribution in [2.75, 3.05) is 0 Å². The molecule has 2 aromatic carbocycles. The first-order valence-corrected chi connectivity index (χ1v) is 8.77. The Hall–Kier alpha value is -3.08. The van der Waals surface area contributed by atoms with E-state index >= 15 is 0 Å². The summed E-state index contributed by atoms with van der Waals surface area (Å²) in [5.41, 5.74) is -3.00. The lowest BCUT2D eigenvalue weighted by atomic mass is 10.2. The van der Waals surface area contributed by atoms with E-state index in [2.05, 4.69) is 0 Å². The Morgan fingerprint density at radius 2 is 1.62 bits per heavy atom. The molecule has 0 aliphatic carbocycles. The van der Waals surface area contributed by atoms with Gasteiger partial charge in [0, 0.05) is 19.2 Å². The van der Waals surface area contributed by atoms with Crippen LogP contribution in [0, 0.1) is 10.1 Å². The molecule has 3 aromatic rings. The van der Waals surface area contributed by atoms with Crippen molar-refractivity contribution in [2.24, 2.45) is 7.05 Å². The smallest absolute Gasteiger partial charge is 0.340 e. The zero-order valence-electron chi connectivity index (χ0n) is 14.3. The van der Waals surface area contributed by atoms with Crippen molar-refractivity contribution in [2.45, 2.75) is 0 Å². The van der Waals surface area contributed by atoms with Crippen LogP contribution in [0.15, 0.2) is 44.7 Å². The number of aromatic nitrogens is 3. The summed E-state index contributed by atoms with van der Waals surface area (Å²) in [7, 11) is 1.19. The summed E-state index contributed by atoms with van der Waals surface area (Å²) in [5.74, 6) is -0.00641. The van der Waals surface area contributed by atoms with Gasteiger partial charge < -0.3 is 4.74 Å². The Morgan fingerprint density at radius 3 is 2.17 bits per heavy atom. The minimum absolute atomic E-state index is 0.0102. The van der Waals surface area contributed by atoms with Crippen LogP contribution in [0.5, 0.6) is 11.5 Å². The quantitative estimate of drug-likeness (QED) is 0.472. The van der Waals surface area contributed by atoms with E-state index in [1.165, 1.54) is 31.3 Å². The summed E-state index contributed by atoms with van der Waals surface area (Å²) in [4.78, 5) is 48.0. The van der Waals surface area contributed by atoms with Crippen LogP contribution >= 0.6 is 34.8 Å². The van der Waals surface area contributed by atoms with Crippen molar-refractivity contribution in [3.05, 3.63) is 87.0 Å². The van der Waals surface area contributed by atoms with Crippen molar-refractivity contribution in [1.29, 1.82) is 0 Å². The van der Waals surface area contributed by atoms with E-state index in [4.69, 9.17) is 39.5 Å². The fourth-order valence-electron chi connectivity index (χ4n) is 2.35. The summed E-state index contributed by atoms with van der Waals surface area (Å²) >= 11 is 18.4. The monoisotopic (exact) mass is 458 g/mol. The Labute approximate surface area is 175 Å².